The van der Waals surface area contributed by atoms with Crippen LogP contribution in [-0.2, 0) is 0 Å². The summed E-state index contributed by atoms with van der Waals surface area (Å²) in [4.78, 5) is 12.5. The van der Waals surface area contributed by atoms with Gasteiger partial charge in [-0.05, 0) is 36.8 Å². The maximum absolute atomic E-state index is 12.5. The molecule has 1 aromatic carbocycles. The first kappa shape index (κ1) is 15.6. The average Bonchev–Trinajstić information content (AvgIpc) is 2.80. The minimum Gasteiger partial charge on any atom is -0.395 e. The normalized spacial score (nSPS) is 24.2. The van der Waals surface area contributed by atoms with E-state index in [9.17, 15) is 4.79 Å². The minimum atomic E-state index is -0.0464. The van der Waals surface area contributed by atoms with Gasteiger partial charge < -0.3 is 10.4 Å². The molecule has 0 aliphatic heterocycles. The molecule has 0 heterocycles. The number of benzene rings is 1. The lowest BCUT2D eigenvalue weighted by Crippen LogP contribution is -2.37. The minimum absolute atomic E-state index is 0.0405. The van der Waals surface area contributed by atoms with Gasteiger partial charge >= 0.3 is 0 Å². The van der Waals surface area contributed by atoms with Gasteiger partial charge in [-0.25, -0.2) is 0 Å². The van der Waals surface area contributed by atoms with Crippen molar-refractivity contribution in [1.82, 2.24) is 5.32 Å². The van der Waals surface area contributed by atoms with E-state index < -0.39 is 0 Å². The number of hydrogen-bond acceptors (Lipinski definition) is 2. The number of amides is 1. The molecule has 1 amide bonds. The predicted molar refractivity (Wildman–Crippen MR) is 83.8 cm³/mol. The molecule has 3 unspecified atom stereocenters. The van der Waals surface area contributed by atoms with Gasteiger partial charge in [-0.1, -0.05) is 37.8 Å². The van der Waals surface area contributed by atoms with Crippen LogP contribution in [0.25, 0.3) is 0 Å². The summed E-state index contributed by atoms with van der Waals surface area (Å²) in [5, 5.41) is 11.9. The van der Waals surface area contributed by atoms with Gasteiger partial charge in [0.2, 0.25) is 0 Å². The standard InChI is InChI=1S/C18H23NO2/c1-13-10-11-17(14(13)2)19-18(21)16-9-4-3-7-15(16)8-5-6-12-20/h3-4,7,9,13-14,17,20H,6,10-12H2,1-2H3,(H,19,21). The molecule has 1 saturated carbocycles. The molecule has 3 nitrogen and oxygen atoms in total. The molecule has 2 N–H and O–H groups in total. The number of rotatable bonds is 3. The smallest absolute Gasteiger partial charge is 0.252 e. The van der Waals surface area contributed by atoms with Gasteiger partial charge in [0.1, 0.15) is 0 Å². The molecule has 0 saturated heterocycles. The SMILES string of the molecule is CC1CCC(NC(=O)c2ccccc2C#CCCO)C1C. The largest absolute Gasteiger partial charge is 0.395 e. The third-order valence-electron chi connectivity index (χ3n) is 4.41. The molecule has 0 bridgehead atoms. The van der Waals surface area contributed by atoms with Crippen LogP contribution >= 0.6 is 0 Å². The second kappa shape index (κ2) is 7.28. The van der Waals surface area contributed by atoms with Crippen molar-refractivity contribution in [3.63, 3.8) is 0 Å². The van der Waals surface area contributed by atoms with Crippen LogP contribution in [0.4, 0.5) is 0 Å². The summed E-state index contributed by atoms with van der Waals surface area (Å²) < 4.78 is 0. The van der Waals surface area contributed by atoms with Gasteiger partial charge in [0.15, 0.2) is 0 Å². The monoisotopic (exact) mass is 285 g/mol. The summed E-state index contributed by atoms with van der Waals surface area (Å²) in [6.45, 7) is 4.49. The summed E-state index contributed by atoms with van der Waals surface area (Å²) in [6, 6.07) is 7.64. The zero-order valence-electron chi connectivity index (χ0n) is 12.7. The van der Waals surface area contributed by atoms with Gasteiger partial charge in [0.05, 0.1) is 12.2 Å². The summed E-state index contributed by atoms with van der Waals surface area (Å²) in [7, 11) is 0. The summed E-state index contributed by atoms with van der Waals surface area (Å²) in [6.07, 6.45) is 2.64. The van der Waals surface area contributed by atoms with E-state index in [1.54, 1.807) is 6.07 Å². The zero-order chi connectivity index (χ0) is 15.2. The van der Waals surface area contributed by atoms with Crippen molar-refractivity contribution in [1.29, 1.82) is 0 Å². The number of carbonyl (C=O) groups is 1. The van der Waals surface area contributed by atoms with Crippen LogP contribution < -0.4 is 5.32 Å². The molecule has 2 rings (SSSR count). The number of aliphatic hydroxyl groups excluding tert-OH is 1. The van der Waals surface area contributed by atoms with Crippen molar-refractivity contribution < 1.29 is 9.90 Å². The lowest BCUT2D eigenvalue weighted by atomic mass is 9.97. The van der Waals surface area contributed by atoms with Gasteiger partial charge in [-0.2, -0.15) is 0 Å². The van der Waals surface area contributed by atoms with Crippen LogP contribution in [0.5, 0.6) is 0 Å². The van der Waals surface area contributed by atoms with Crippen molar-refractivity contribution >= 4 is 5.91 Å². The highest BCUT2D eigenvalue weighted by atomic mass is 16.2. The number of aliphatic hydroxyl groups is 1. The molecule has 112 valence electrons. The maximum Gasteiger partial charge on any atom is 0.252 e. The number of hydrogen-bond donors (Lipinski definition) is 2. The van der Waals surface area contributed by atoms with Crippen molar-refractivity contribution in [3.05, 3.63) is 35.4 Å². The third-order valence-corrected chi connectivity index (χ3v) is 4.41. The van der Waals surface area contributed by atoms with E-state index in [0.29, 0.717) is 23.8 Å². The van der Waals surface area contributed by atoms with Crippen molar-refractivity contribution in [3.8, 4) is 11.8 Å². The summed E-state index contributed by atoms with van der Waals surface area (Å²) >= 11 is 0. The molecule has 1 fully saturated rings. The van der Waals surface area contributed by atoms with Crippen molar-refractivity contribution in [2.45, 2.75) is 39.2 Å². The van der Waals surface area contributed by atoms with Crippen molar-refractivity contribution in [2.24, 2.45) is 11.8 Å². The van der Waals surface area contributed by atoms with E-state index in [4.69, 9.17) is 5.11 Å². The molecule has 0 spiro atoms. The van der Waals surface area contributed by atoms with E-state index >= 15 is 0 Å². The Morgan fingerprint density at radius 3 is 2.76 bits per heavy atom. The fourth-order valence-electron chi connectivity index (χ4n) is 2.82. The van der Waals surface area contributed by atoms with Crippen LogP contribution in [0.1, 0.15) is 49.0 Å². The zero-order valence-corrected chi connectivity index (χ0v) is 12.7. The Morgan fingerprint density at radius 2 is 2.10 bits per heavy atom. The van der Waals surface area contributed by atoms with Gasteiger partial charge in [-0.3, -0.25) is 4.79 Å². The summed E-state index contributed by atoms with van der Waals surface area (Å²) in [5.74, 6) is 6.98. The second-order valence-corrected chi connectivity index (χ2v) is 5.81. The first-order valence-corrected chi connectivity index (χ1v) is 7.63. The fraction of sp³-hybridized carbons (Fsp3) is 0.500. The molecular weight excluding hydrogens is 262 g/mol. The highest BCUT2D eigenvalue weighted by Crippen LogP contribution is 2.31. The van der Waals surface area contributed by atoms with E-state index in [0.717, 1.165) is 12.0 Å². The van der Waals surface area contributed by atoms with Crippen molar-refractivity contribution in [2.75, 3.05) is 6.61 Å². The van der Waals surface area contributed by atoms with E-state index in [1.807, 2.05) is 18.2 Å². The average molecular weight is 285 g/mol. The van der Waals surface area contributed by atoms with Gasteiger partial charge in [0.25, 0.3) is 5.91 Å². The molecule has 3 heteroatoms. The van der Waals surface area contributed by atoms with E-state index in [2.05, 4.69) is 31.0 Å². The lowest BCUT2D eigenvalue weighted by molar-refractivity contribution is 0.0927. The first-order valence-electron chi connectivity index (χ1n) is 7.63. The predicted octanol–water partition coefficient (Wildman–Crippen LogP) is 2.58. The topological polar surface area (TPSA) is 49.3 Å². The highest BCUT2D eigenvalue weighted by Gasteiger charge is 2.31. The second-order valence-electron chi connectivity index (χ2n) is 5.81. The molecule has 3 atom stereocenters. The van der Waals surface area contributed by atoms with Crippen LogP contribution in [0.3, 0.4) is 0 Å². The Labute approximate surface area is 126 Å². The van der Waals surface area contributed by atoms with Crippen LogP contribution in [0.15, 0.2) is 24.3 Å². The third kappa shape index (κ3) is 3.86. The quantitative estimate of drug-likeness (QED) is 0.839. The Bertz CT molecular complexity index is 556. The molecule has 1 aliphatic rings. The Hall–Kier alpha value is -1.79. The van der Waals surface area contributed by atoms with Gasteiger partial charge in [0, 0.05) is 18.0 Å². The molecule has 0 aromatic heterocycles. The van der Waals surface area contributed by atoms with E-state index in [-0.39, 0.29) is 18.6 Å². The Morgan fingerprint density at radius 1 is 1.33 bits per heavy atom. The Balaban J connectivity index is 2.11. The summed E-state index contributed by atoms with van der Waals surface area (Å²) in [5.41, 5.74) is 1.34. The van der Waals surface area contributed by atoms with E-state index in [1.165, 1.54) is 6.42 Å². The van der Waals surface area contributed by atoms with Crippen LogP contribution in [0.2, 0.25) is 0 Å². The number of carbonyl (C=O) groups excluding carboxylic acids is 1. The molecule has 0 radical (unpaired) electrons. The van der Waals surface area contributed by atoms with Crippen LogP contribution in [0, 0.1) is 23.7 Å². The molecular formula is C18H23NO2. The maximum atomic E-state index is 12.5. The molecule has 21 heavy (non-hydrogen) atoms. The molecule has 1 aliphatic carbocycles. The lowest BCUT2D eigenvalue weighted by Gasteiger charge is -2.20. The molecule has 1 aromatic rings. The highest BCUT2D eigenvalue weighted by molar-refractivity contribution is 5.96. The van der Waals surface area contributed by atoms with Gasteiger partial charge in [-0.15, -0.1) is 0 Å². The fourth-order valence-corrected chi connectivity index (χ4v) is 2.82. The Kier molecular flexibility index (Phi) is 5.41. The number of nitrogens with one attached hydrogen (secondary N) is 1. The van der Waals surface area contributed by atoms with Crippen LogP contribution in [-0.4, -0.2) is 23.7 Å². The first-order chi connectivity index (χ1) is 10.1.